The summed E-state index contributed by atoms with van der Waals surface area (Å²) >= 11 is 0. The van der Waals surface area contributed by atoms with Crippen molar-refractivity contribution in [3.63, 3.8) is 0 Å². The van der Waals surface area contributed by atoms with Gasteiger partial charge in [0.15, 0.2) is 0 Å². The van der Waals surface area contributed by atoms with Crippen LogP contribution in [0, 0.1) is 0 Å². The largest absolute Gasteiger partial charge is 0.393 e. The maximum absolute atomic E-state index is 11.1. The van der Waals surface area contributed by atoms with Gasteiger partial charge in [0.2, 0.25) is 5.91 Å². The number of carbonyl (C=O) groups excluding carboxylic acids is 1. The molecule has 3 N–H and O–H groups in total. The van der Waals surface area contributed by atoms with Crippen LogP contribution < -0.4 is 10.6 Å². The highest BCUT2D eigenvalue weighted by Crippen LogP contribution is 2.38. The van der Waals surface area contributed by atoms with Crippen LogP contribution in [0.1, 0.15) is 70.9 Å². The Kier molecular flexibility index (Phi) is 8.65. The standard InChI is InChI=1S/C23H37N3O3/c1-18(28)24-13-6-14-25-23(11-9-21(10-12-23)26-29-16-15-27)20-8-5-7-19(17-20)22(2,3)4/h5,7-8,17,25,27H,6,9-16H2,1-4H3,(H,24,28). The zero-order valence-electron chi connectivity index (χ0n) is 18.4. The summed E-state index contributed by atoms with van der Waals surface area (Å²) in [6.45, 7) is 10.0. The van der Waals surface area contributed by atoms with E-state index >= 15 is 0 Å². The monoisotopic (exact) mass is 403 g/mol. The van der Waals surface area contributed by atoms with Gasteiger partial charge in [-0.05, 0) is 55.2 Å². The lowest BCUT2D eigenvalue weighted by atomic mass is 9.74. The number of nitrogens with one attached hydrogen (secondary N) is 2. The van der Waals surface area contributed by atoms with E-state index in [9.17, 15) is 4.79 Å². The van der Waals surface area contributed by atoms with Crippen molar-refractivity contribution in [2.75, 3.05) is 26.3 Å². The molecule has 0 radical (unpaired) electrons. The third-order valence-electron chi connectivity index (χ3n) is 5.53. The number of aliphatic hydroxyl groups is 1. The van der Waals surface area contributed by atoms with Crippen molar-refractivity contribution in [2.45, 2.75) is 70.8 Å². The summed E-state index contributed by atoms with van der Waals surface area (Å²) in [4.78, 5) is 16.3. The molecule has 1 aromatic carbocycles. The van der Waals surface area contributed by atoms with Crippen LogP contribution >= 0.6 is 0 Å². The molecule has 1 fully saturated rings. The van der Waals surface area contributed by atoms with Gasteiger partial charge in [-0.3, -0.25) is 4.79 Å². The first-order valence-corrected chi connectivity index (χ1v) is 10.7. The van der Waals surface area contributed by atoms with Crippen LogP contribution in [0.2, 0.25) is 0 Å². The molecular weight excluding hydrogens is 366 g/mol. The zero-order chi connectivity index (χ0) is 21.3. The predicted octanol–water partition coefficient (Wildman–Crippen LogP) is 3.23. The second-order valence-electron chi connectivity index (χ2n) is 8.89. The van der Waals surface area contributed by atoms with Gasteiger partial charge in [0.05, 0.1) is 12.3 Å². The van der Waals surface area contributed by atoms with E-state index in [2.05, 4.69) is 60.8 Å². The van der Waals surface area contributed by atoms with E-state index in [0.717, 1.165) is 44.4 Å². The van der Waals surface area contributed by atoms with E-state index in [0.29, 0.717) is 6.54 Å². The molecule has 6 heteroatoms. The van der Waals surface area contributed by atoms with E-state index in [4.69, 9.17) is 9.94 Å². The minimum absolute atomic E-state index is 0.0130. The number of hydrogen-bond acceptors (Lipinski definition) is 5. The lowest BCUT2D eigenvalue weighted by Gasteiger charge is -2.40. The summed E-state index contributed by atoms with van der Waals surface area (Å²) in [5.74, 6) is 0.0130. The molecule has 162 valence electrons. The number of carbonyl (C=O) groups is 1. The third-order valence-corrected chi connectivity index (χ3v) is 5.53. The van der Waals surface area contributed by atoms with Crippen LogP contribution in [-0.2, 0) is 20.6 Å². The topological polar surface area (TPSA) is 83.0 Å². The summed E-state index contributed by atoms with van der Waals surface area (Å²) in [5.41, 5.74) is 3.70. The summed E-state index contributed by atoms with van der Waals surface area (Å²) in [7, 11) is 0. The maximum atomic E-state index is 11.1. The third kappa shape index (κ3) is 7.12. The fourth-order valence-electron chi connectivity index (χ4n) is 3.77. The van der Waals surface area contributed by atoms with Crippen molar-refractivity contribution in [3.05, 3.63) is 35.4 Å². The molecular formula is C23H37N3O3. The van der Waals surface area contributed by atoms with E-state index in [-0.39, 0.29) is 30.1 Å². The van der Waals surface area contributed by atoms with E-state index in [1.165, 1.54) is 11.1 Å². The van der Waals surface area contributed by atoms with Crippen molar-refractivity contribution in [2.24, 2.45) is 5.16 Å². The molecule has 0 aliphatic heterocycles. The number of amides is 1. The van der Waals surface area contributed by atoms with Crippen molar-refractivity contribution < 1.29 is 14.7 Å². The molecule has 1 amide bonds. The molecule has 2 rings (SSSR count). The first-order chi connectivity index (χ1) is 13.8. The SMILES string of the molecule is CC(=O)NCCCNC1(c2cccc(C(C)(C)C)c2)CCC(=NOCCO)CC1. The molecule has 1 saturated carbocycles. The van der Waals surface area contributed by atoms with E-state index in [1.54, 1.807) is 6.92 Å². The van der Waals surface area contributed by atoms with Crippen LogP contribution in [0.3, 0.4) is 0 Å². The fraction of sp³-hybridized carbons (Fsp3) is 0.652. The van der Waals surface area contributed by atoms with Gasteiger partial charge in [0.25, 0.3) is 0 Å². The van der Waals surface area contributed by atoms with Gasteiger partial charge in [-0.15, -0.1) is 0 Å². The molecule has 0 bridgehead atoms. The highest BCUT2D eigenvalue weighted by Gasteiger charge is 2.36. The highest BCUT2D eigenvalue weighted by atomic mass is 16.6. The van der Waals surface area contributed by atoms with Crippen LogP contribution in [0.5, 0.6) is 0 Å². The Hall–Kier alpha value is -1.92. The molecule has 0 aromatic heterocycles. The second kappa shape index (κ2) is 10.7. The van der Waals surface area contributed by atoms with Gasteiger partial charge in [0, 0.05) is 19.0 Å². The quantitative estimate of drug-likeness (QED) is 0.437. The molecule has 6 nitrogen and oxygen atoms in total. The average Bonchev–Trinajstić information content (AvgIpc) is 2.68. The number of rotatable bonds is 9. The van der Waals surface area contributed by atoms with Crippen molar-refractivity contribution >= 4 is 11.6 Å². The summed E-state index contributed by atoms with van der Waals surface area (Å²) in [6, 6.07) is 8.92. The lowest BCUT2D eigenvalue weighted by molar-refractivity contribution is -0.118. The van der Waals surface area contributed by atoms with Gasteiger partial charge >= 0.3 is 0 Å². The molecule has 0 atom stereocenters. The molecule has 1 aliphatic rings. The number of aliphatic hydroxyl groups excluding tert-OH is 1. The second-order valence-corrected chi connectivity index (χ2v) is 8.89. The predicted molar refractivity (Wildman–Crippen MR) is 117 cm³/mol. The van der Waals surface area contributed by atoms with Crippen molar-refractivity contribution in [3.8, 4) is 0 Å². The zero-order valence-corrected chi connectivity index (χ0v) is 18.4. The Morgan fingerprint density at radius 1 is 1.24 bits per heavy atom. The van der Waals surface area contributed by atoms with Crippen LogP contribution in [0.25, 0.3) is 0 Å². The smallest absolute Gasteiger partial charge is 0.216 e. The van der Waals surface area contributed by atoms with Gasteiger partial charge in [-0.1, -0.05) is 50.2 Å². The molecule has 1 aliphatic carbocycles. The number of benzene rings is 1. The van der Waals surface area contributed by atoms with Gasteiger partial charge in [0.1, 0.15) is 6.61 Å². The fourth-order valence-corrected chi connectivity index (χ4v) is 3.77. The van der Waals surface area contributed by atoms with Crippen molar-refractivity contribution in [1.82, 2.24) is 10.6 Å². The average molecular weight is 404 g/mol. The minimum Gasteiger partial charge on any atom is -0.393 e. The first kappa shape index (κ1) is 23.4. The van der Waals surface area contributed by atoms with Crippen LogP contribution in [-0.4, -0.2) is 43.0 Å². The number of nitrogens with zero attached hydrogens (tertiary/aromatic N) is 1. The van der Waals surface area contributed by atoms with Gasteiger partial charge in [-0.2, -0.15) is 0 Å². The Balaban J connectivity index is 2.14. The summed E-state index contributed by atoms with van der Waals surface area (Å²) in [5, 5.41) is 19.7. The normalized spacial score (nSPS) is 19.7. The van der Waals surface area contributed by atoms with E-state index in [1.807, 2.05) is 0 Å². The van der Waals surface area contributed by atoms with Crippen molar-refractivity contribution in [1.29, 1.82) is 0 Å². The summed E-state index contributed by atoms with van der Waals surface area (Å²) < 4.78 is 0. The van der Waals surface area contributed by atoms with Gasteiger partial charge in [-0.25, -0.2) is 0 Å². The highest BCUT2D eigenvalue weighted by molar-refractivity contribution is 5.85. The number of hydrogen-bond donors (Lipinski definition) is 3. The lowest BCUT2D eigenvalue weighted by Crippen LogP contribution is -2.46. The first-order valence-electron chi connectivity index (χ1n) is 10.7. The minimum atomic E-state index is -0.104. The molecule has 29 heavy (non-hydrogen) atoms. The maximum Gasteiger partial charge on any atom is 0.216 e. The Morgan fingerprint density at radius 3 is 2.59 bits per heavy atom. The molecule has 0 unspecified atom stereocenters. The number of oxime groups is 1. The van der Waals surface area contributed by atoms with Crippen LogP contribution in [0.4, 0.5) is 0 Å². The molecule has 0 spiro atoms. The van der Waals surface area contributed by atoms with E-state index < -0.39 is 0 Å². The Labute approximate surface area is 175 Å². The van der Waals surface area contributed by atoms with Crippen LogP contribution in [0.15, 0.2) is 29.4 Å². The van der Waals surface area contributed by atoms with Gasteiger partial charge < -0.3 is 20.6 Å². The molecule has 0 saturated heterocycles. The summed E-state index contributed by atoms with van der Waals surface area (Å²) in [6.07, 6.45) is 4.51. The molecule has 1 aromatic rings. The molecule has 0 heterocycles. The Bertz CT molecular complexity index is 685. The Morgan fingerprint density at radius 2 is 1.97 bits per heavy atom.